The molecule has 0 unspecified atom stereocenters. The molecule has 0 atom stereocenters. The standard InChI is InChI=1S/C4H6N2OS2/c1-8-4-6-5-3(2-7)9-4/h7H,2H2,1H3. The average Bonchev–Trinajstić information content (AvgIpc) is 2.34. The Labute approximate surface area is 61.1 Å². The van der Waals surface area contributed by atoms with Crippen molar-refractivity contribution < 1.29 is 5.11 Å². The van der Waals surface area contributed by atoms with Gasteiger partial charge in [0.25, 0.3) is 0 Å². The normalized spacial score (nSPS) is 10.0. The maximum Gasteiger partial charge on any atom is 0.174 e. The predicted octanol–water partition coefficient (Wildman–Crippen LogP) is 0.752. The fraction of sp³-hybridized carbons (Fsp3) is 0.500. The zero-order valence-corrected chi connectivity index (χ0v) is 6.50. The Balaban J connectivity index is 2.74. The molecule has 0 spiro atoms. The Morgan fingerprint density at radius 3 is 2.78 bits per heavy atom. The third kappa shape index (κ3) is 1.64. The quantitative estimate of drug-likeness (QED) is 0.652. The van der Waals surface area contributed by atoms with Gasteiger partial charge in [0.05, 0.1) is 6.61 Å². The first-order valence-electron chi connectivity index (χ1n) is 2.34. The lowest BCUT2D eigenvalue weighted by atomic mass is 10.8. The van der Waals surface area contributed by atoms with E-state index in [1.54, 1.807) is 0 Å². The Bertz CT molecular complexity index is 170. The van der Waals surface area contributed by atoms with Crippen LogP contribution in [0, 0.1) is 0 Å². The molecule has 0 aliphatic heterocycles. The van der Waals surface area contributed by atoms with Gasteiger partial charge in [-0.1, -0.05) is 23.1 Å². The summed E-state index contributed by atoms with van der Waals surface area (Å²) in [6.45, 7) is -0.00176. The van der Waals surface area contributed by atoms with Crippen LogP contribution >= 0.6 is 23.1 Å². The molecule has 0 saturated heterocycles. The summed E-state index contributed by atoms with van der Waals surface area (Å²) in [7, 11) is 0. The summed E-state index contributed by atoms with van der Waals surface area (Å²) in [6.07, 6.45) is 1.93. The van der Waals surface area contributed by atoms with E-state index < -0.39 is 0 Å². The van der Waals surface area contributed by atoms with Gasteiger partial charge in [-0.05, 0) is 6.26 Å². The van der Waals surface area contributed by atoms with Crippen LogP contribution in [0.25, 0.3) is 0 Å². The molecule has 0 saturated carbocycles. The molecule has 0 aliphatic carbocycles. The number of aliphatic hydroxyl groups is 1. The molecule has 1 aromatic heterocycles. The van der Waals surface area contributed by atoms with Crippen molar-refractivity contribution in [1.82, 2.24) is 10.2 Å². The molecule has 1 N–H and O–H groups in total. The molecule has 1 rings (SSSR count). The molecule has 0 bridgehead atoms. The van der Waals surface area contributed by atoms with Crippen LogP contribution in [-0.2, 0) is 6.61 Å². The second kappa shape index (κ2) is 3.14. The lowest BCUT2D eigenvalue weighted by Crippen LogP contribution is -1.78. The van der Waals surface area contributed by atoms with Crippen molar-refractivity contribution in [3.05, 3.63) is 5.01 Å². The van der Waals surface area contributed by atoms with Gasteiger partial charge in [0, 0.05) is 0 Å². The van der Waals surface area contributed by atoms with E-state index in [2.05, 4.69) is 10.2 Å². The summed E-state index contributed by atoms with van der Waals surface area (Å²) in [5.41, 5.74) is 0. The third-order valence-corrected chi connectivity index (χ3v) is 2.64. The van der Waals surface area contributed by atoms with Crippen molar-refractivity contribution in [2.75, 3.05) is 6.26 Å². The van der Waals surface area contributed by atoms with E-state index in [0.29, 0.717) is 5.01 Å². The van der Waals surface area contributed by atoms with Crippen LogP contribution in [0.5, 0.6) is 0 Å². The lowest BCUT2D eigenvalue weighted by Gasteiger charge is -1.78. The number of nitrogens with zero attached hydrogens (tertiary/aromatic N) is 2. The number of aliphatic hydroxyl groups excluding tert-OH is 1. The molecule has 50 valence electrons. The minimum atomic E-state index is -0.00176. The van der Waals surface area contributed by atoms with Gasteiger partial charge in [-0.25, -0.2) is 0 Å². The Morgan fingerprint density at radius 1 is 1.67 bits per heavy atom. The topological polar surface area (TPSA) is 46.0 Å². The Morgan fingerprint density at radius 2 is 2.44 bits per heavy atom. The largest absolute Gasteiger partial charge is 0.389 e. The molecule has 5 heteroatoms. The van der Waals surface area contributed by atoms with Crippen molar-refractivity contribution >= 4 is 23.1 Å². The molecule has 0 aromatic carbocycles. The van der Waals surface area contributed by atoms with Gasteiger partial charge < -0.3 is 5.11 Å². The van der Waals surface area contributed by atoms with E-state index >= 15 is 0 Å². The van der Waals surface area contributed by atoms with E-state index in [1.165, 1.54) is 23.1 Å². The van der Waals surface area contributed by atoms with Crippen LogP contribution in [-0.4, -0.2) is 21.6 Å². The van der Waals surface area contributed by atoms with Crippen molar-refractivity contribution in [1.29, 1.82) is 0 Å². The highest BCUT2D eigenvalue weighted by atomic mass is 32.2. The van der Waals surface area contributed by atoms with Gasteiger partial charge in [-0.15, -0.1) is 10.2 Å². The highest BCUT2D eigenvalue weighted by molar-refractivity contribution is 8.00. The lowest BCUT2D eigenvalue weighted by molar-refractivity contribution is 0.280. The molecule has 0 aliphatic rings. The maximum atomic E-state index is 8.55. The minimum Gasteiger partial charge on any atom is -0.389 e. The van der Waals surface area contributed by atoms with Gasteiger partial charge in [0.1, 0.15) is 5.01 Å². The van der Waals surface area contributed by atoms with Crippen molar-refractivity contribution in [2.24, 2.45) is 0 Å². The van der Waals surface area contributed by atoms with E-state index in [4.69, 9.17) is 5.11 Å². The smallest absolute Gasteiger partial charge is 0.174 e. The Hall–Kier alpha value is -0.130. The first kappa shape index (κ1) is 6.98. The van der Waals surface area contributed by atoms with Crippen molar-refractivity contribution in [3.63, 3.8) is 0 Å². The van der Waals surface area contributed by atoms with Crippen LogP contribution in [0.15, 0.2) is 4.34 Å². The van der Waals surface area contributed by atoms with Crippen LogP contribution in [0.3, 0.4) is 0 Å². The summed E-state index contributed by atoms with van der Waals surface area (Å²) < 4.78 is 0.902. The molecule has 1 aromatic rings. The van der Waals surface area contributed by atoms with Crippen LogP contribution in [0.4, 0.5) is 0 Å². The minimum absolute atomic E-state index is 0.00176. The van der Waals surface area contributed by atoms with E-state index in [0.717, 1.165) is 4.34 Å². The number of aromatic nitrogens is 2. The fourth-order valence-electron chi connectivity index (χ4n) is 0.385. The second-order valence-corrected chi connectivity index (χ2v) is 3.44. The molecule has 0 fully saturated rings. The highest BCUT2D eigenvalue weighted by Crippen LogP contribution is 2.18. The van der Waals surface area contributed by atoms with Gasteiger partial charge in [0.2, 0.25) is 0 Å². The molecule has 0 amide bonds. The molecular formula is C4H6N2OS2. The SMILES string of the molecule is CSc1nnc(CO)s1. The first-order chi connectivity index (χ1) is 4.36. The zero-order chi connectivity index (χ0) is 6.69. The average molecular weight is 162 g/mol. The Kier molecular flexibility index (Phi) is 2.44. The summed E-state index contributed by atoms with van der Waals surface area (Å²) in [5, 5.41) is 16.7. The van der Waals surface area contributed by atoms with Crippen LogP contribution in [0.2, 0.25) is 0 Å². The highest BCUT2D eigenvalue weighted by Gasteiger charge is 1.98. The number of rotatable bonds is 2. The van der Waals surface area contributed by atoms with Crippen molar-refractivity contribution in [3.8, 4) is 0 Å². The molecule has 0 radical (unpaired) electrons. The first-order valence-corrected chi connectivity index (χ1v) is 4.38. The van der Waals surface area contributed by atoms with E-state index in [9.17, 15) is 0 Å². The predicted molar refractivity (Wildman–Crippen MR) is 37.6 cm³/mol. The number of hydrogen-bond acceptors (Lipinski definition) is 5. The molecule has 9 heavy (non-hydrogen) atoms. The van der Waals surface area contributed by atoms with Gasteiger partial charge in [-0.3, -0.25) is 0 Å². The summed E-state index contributed by atoms with van der Waals surface area (Å²) in [6, 6.07) is 0. The molecule has 1 heterocycles. The monoisotopic (exact) mass is 162 g/mol. The summed E-state index contributed by atoms with van der Waals surface area (Å²) >= 11 is 2.96. The fourth-order valence-corrected chi connectivity index (χ4v) is 1.56. The summed E-state index contributed by atoms with van der Waals surface area (Å²) in [5.74, 6) is 0. The zero-order valence-electron chi connectivity index (χ0n) is 4.87. The molecule has 3 nitrogen and oxygen atoms in total. The van der Waals surface area contributed by atoms with Crippen LogP contribution < -0.4 is 0 Å². The number of thioether (sulfide) groups is 1. The molecular weight excluding hydrogens is 156 g/mol. The third-order valence-electron chi connectivity index (χ3n) is 0.758. The van der Waals surface area contributed by atoms with E-state index in [-0.39, 0.29) is 6.61 Å². The van der Waals surface area contributed by atoms with Gasteiger partial charge in [0.15, 0.2) is 4.34 Å². The number of hydrogen-bond donors (Lipinski definition) is 1. The van der Waals surface area contributed by atoms with Crippen LogP contribution in [0.1, 0.15) is 5.01 Å². The van der Waals surface area contributed by atoms with Crippen molar-refractivity contribution in [2.45, 2.75) is 10.9 Å². The van der Waals surface area contributed by atoms with Gasteiger partial charge in [-0.2, -0.15) is 0 Å². The summed E-state index contributed by atoms with van der Waals surface area (Å²) in [4.78, 5) is 0. The second-order valence-electron chi connectivity index (χ2n) is 1.32. The maximum absolute atomic E-state index is 8.55. The van der Waals surface area contributed by atoms with E-state index in [1.807, 2.05) is 6.26 Å². The van der Waals surface area contributed by atoms with Gasteiger partial charge >= 0.3 is 0 Å².